The Morgan fingerprint density at radius 2 is 1.70 bits per heavy atom. The van der Waals surface area contributed by atoms with Crippen LogP contribution in [0.25, 0.3) is 11.1 Å². The summed E-state index contributed by atoms with van der Waals surface area (Å²) in [6, 6.07) is 22.0. The second kappa shape index (κ2) is 8.58. The number of ether oxygens (including phenoxy) is 1. The molecule has 2 unspecified atom stereocenters. The number of esters is 1. The van der Waals surface area contributed by atoms with Crippen molar-refractivity contribution in [2.75, 3.05) is 7.11 Å². The third kappa shape index (κ3) is 3.80. The molecule has 1 aromatic heterocycles. The molecule has 0 amide bonds. The van der Waals surface area contributed by atoms with Crippen molar-refractivity contribution in [1.82, 2.24) is 5.32 Å². The average molecular weight is 440 g/mol. The maximum absolute atomic E-state index is 13.5. The maximum Gasteiger partial charge on any atom is 0.336 e. The van der Waals surface area contributed by atoms with Crippen molar-refractivity contribution in [2.24, 2.45) is 0 Å². The second-order valence-corrected chi connectivity index (χ2v) is 8.51. The van der Waals surface area contributed by atoms with Gasteiger partial charge in [-0.3, -0.25) is 4.79 Å². The number of hydrogen-bond acceptors (Lipinski definition) is 5. The molecule has 0 spiro atoms. The fourth-order valence-corrected chi connectivity index (χ4v) is 4.98. The first-order valence-electron chi connectivity index (χ1n) is 11.1. The minimum Gasteiger partial charge on any atom is -0.469 e. The highest BCUT2D eigenvalue weighted by molar-refractivity contribution is 6.04. The molecule has 5 nitrogen and oxygen atoms in total. The molecule has 5 rings (SSSR count). The minimum atomic E-state index is -0.469. The van der Waals surface area contributed by atoms with Crippen LogP contribution in [-0.4, -0.2) is 18.9 Å². The second-order valence-electron chi connectivity index (χ2n) is 8.51. The first kappa shape index (κ1) is 21.0. The van der Waals surface area contributed by atoms with Crippen molar-refractivity contribution in [2.45, 2.75) is 31.6 Å². The number of hydrogen-bond donors (Lipinski definition) is 1. The standard InChI is InChI=1S/C28H25NO4/c1-17-25(28(31)32-2)26(20-12-10-19(11-13-20)18-7-4-3-5-8-18)27-22(29-17)15-21(16-23(27)30)24-9-6-14-33-24/h3-14,21,26,29H,15-16H2,1-2H3. The summed E-state index contributed by atoms with van der Waals surface area (Å²) in [5.41, 5.74) is 5.79. The Kier molecular flexibility index (Phi) is 5.47. The van der Waals surface area contributed by atoms with E-state index in [1.807, 2.05) is 61.5 Å². The molecule has 1 aliphatic heterocycles. The van der Waals surface area contributed by atoms with Gasteiger partial charge in [0.2, 0.25) is 0 Å². The summed E-state index contributed by atoms with van der Waals surface area (Å²) in [5, 5.41) is 3.34. The van der Waals surface area contributed by atoms with Crippen LogP contribution in [0.15, 0.2) is 100.0 Å². The van der Waals surface area contributed by atoms with Gasteiger partial charge in [-0.05, 0) is 42.2 Å². The highest BCUT2D eigenvalue weighted by atomic mass is 16.5. The number of benzene rings is 2. The molecule has 2 aliphatic rings. The van der Waals surface area contributed by atoms with E-state index in [-0.39, 0.29) is 11.7 Å². The van der Waals surface area contributed by atoms with Gasteiger partial charge in [-0.1, -0.05) is 54.6 Å². The molecule has 0 bridgehead atoms. The van der Waals surface area contributed by atoms with E-state index in [9.17, 15) is 9.59 Å². The van der Waals surface area contributed by atoms with Crippen molar-refractivity contribution < 1.29 is 18.7 Å². The highest BCUT2D eigenvalue weighted by Gasteiger charge is 2.41. The van der Waals surface area contributed by atoms with Crippen molar-refractivity contribution >= 4 is 11.8 Å². The average Bonchev–Trinajstić information content (AvgIpc) is 3.38. The summed E-state index contributed by atoms with van der Waals surface area (Å²) >= 11 is 0. The summed E-state index contributed by atoms with van der Waals surface area (Å²) in [7, 11) is 1.37. The SMILES string of the molecule is COC(=O)C1=C(C)NC2=C(C(=O)CC(c3ccco3)C2)C1c1ccc(-c2ccccc2)cc1. The molecule has 1 N–H and O–H groups in total. The van der Waals surface area contributed by atoms with Gasteiger partial charge in [-0.25, -0.2) is 4.79 Å². The Balaban J connectivity index is 1.58. The number of furan rings is 1. The number of nitrogens with one attached hydrogen (secondary N) is 1. The molecular weight excluding hydrogens is 414 g/mol. The lowest BCUT2D eigenvalue weighted by atomic mass is 9.72. The maximum atomic E-state index is 13.5. The Labute approximate surface area is 192 Å². The number of carbonyl (C=O) groups excluding carboxylic acids is 2. The van der Waals surface area contributed by atoms with E-state index < -0.39 is 11.9 Å². The van der Waals surface area contributed by atoms with Gasteiger partial charge < -0.3 is 14.5 Å². The molecule has 2 aromatic carbocycles. The Hall–Kier alpha value is -3.86. The Morgan fingerprint density at radius 1 is 0.970 bits per heavy atom. The van der Waals surface area contributed by atoms with Crippen LogP contribution in [0.2, 0.25) is 0 Å². The summed E-state index contributed by atoms with van der Waals surface area (Å²) < 4.78 is 10.7. The summed E-state index contributed by atoms with van der Waals surface area (Å²) in [6.07, 6.45) is 2.63. The molecule has 3 aromatic rings. The molecular formula is C28H25NO4. The van der Waals surface area contributed by atoms with Gasteiger partial charge in [0.05, 0.1) is 18.9 Å². The van der Waals surface area contributed by atoms with Crippen molar-refractivity contribution in [3.05, 3.63) is 107 Å². The van der Waals surface area contributed by atoms with E-state index in [2.05, 4.69) is 17.4 Å². The predicted octanol–water partition coefficient (Wildman–Crippen LogP) is 5.48. The van der Waals surface area contributed by atoms with Crippen LogP contribution in [-0.2, 0) is 14.3 Å². The fourth-order valence-electron chi connectivity index (χ4n) is 4.98. The quantitative estimate of drug-likeness (QED) is 0.545. The van der Waals surface area contributed by atoms with Gasteiger partial charge in [0.15, 0.2) is 5.78 Å². The number of carbonyl (C=O) groups is 2. The van der Waals surface area contributed by atoms with Crippen LogP contribution in [0.5, 0.6) is 0 Å². The first-order chi connectivity index (χ1) is 16.1. The van der Waals surface area contributed by atoms with E-state index in [1.54, 1.807) is 6.26 Å². The van der Waals surface area contributed by atoms with Crippen molar-refractivity contribution in [3.8, 4) is 11.1 Å². The van der Waals surface area contributed by atoms with E-state index in [0.29, 0.717) is 29.7 Å². The molecule has 5 heteroatoms. The molecule has 166 valence electrons. The molecule has 0 radical (unpaired) electrons. The summed E-state index contributed by atoms with van der Waals surface area (Å²) in [6.45, 7) is 1.86. The van der Waals surface area contributed by atoms with Gasteiger partial charge in [-0.15, -0.1) is 0 Å². The van der Waals surface area contributed by atoms with E-state index in [4.69, 9.17) is 9.15 Å². The minimum absolute atomic E-state index is 0.0210. The van der Waals surface area contributed by atoms with Crippen LogP contribution in [0.4, 0.5) is 0 Å². The van der Waals surface area contributed by atoms with E-state index >= 15 is 0 Å². The zero-order valence-corrected chi connectivity index (χ0v) is 18.6. The number of methoxy groups -OCH3 is 1. The number of allylic oxidation sites excluding steroid dienone is 3. The highest BCUT2D eigenvalue weighted by Crippen LogP contribution is 2.45. The van der Waals surface area contributed by atoms with Gasteiger partial charge in [0.25, 0.3) is 0 Å². The lowest BCUT2D eigenvalue weighted by Gasteiger charge is -2.36. The van der Waals surface area contributed by atoms with E-state index in [1.165, 1.54) is 7.11 Å². The lowest BCUT2D eigenvalue weighted by molar-refractivity contribution is -0.136. The van der Waals surface area contributed by atoms with Gasteiger partial charge in [-0.2, -0.15) is 0 Å². The number of rotatable bonds is 4. The van der Waals surface area contributed by atoms with Crippen LogP contribution in [0.3, 0.4) is 0 Å². The normalized spacial score (nSPS) is 20.4. The third-order valence-electron chi connectivity index (χ3n) is 6.53. The largest absolute Gasteiger partial charge is 0.469 e. The zero-order chi connectivity index (χ0) is 22.9. The Morgan fingerprint density at radius 3 is 2.36 bits per heavy atom. The number of dihydropyridines is 1. The van der Waals surface area contributed by atoms with Crippen molar-refractivity contribution in [3.63, 3.8) is 0 Å². The molecule has 2 atom stereocenters. The first-order valence-corrected chi connectivity index (χ1v) is 11.1. The zero-order valence-electron chi connectivity index (χ0n) is 18.6. The molecule has 1 aliphatic carbocycles. The molecule has 0 saturated carbocycles. The monoisotopic (exact) mass is 439 g/mol. The van der Waals surface area contributed by atoms with Crippen LogP contribution in [0, 0.1) is 0 Å². The molecule has 2 heterocycles. The Bertz CT molecular complexity index is 1250. The van der Waals surface area contributed by atoms with Crippen LogP contribution in [0.1, 0.15) is 42.9 Å². The van der Waals surface area contributed by atoms with Gasteiger partial charge in [0, 0.05) is 35.2 Å². The topological polar surface area (TPSA) is 68.5 Å². The van der Waals surface area contributed by atoms with Crippen LogP contribution < -0.4 is 5.32 Å². The molecule has 0 saturated heterocycles. The summed E-state index contributed by atoms with van der Waals surface area (Å²) in [4.78, 5) is 26.3. The smallest absolute Gasteiger partial charge is 0.336 e. The lowest BCUT2D eigenvalue weighted by Crippen LogP contribution is -2.35. The number of Topliss-reactive ketones (excluding diaryl/α,β-unsaturated/α-hetero) is 1. The number of ketones is 1. The summed E-state index contributed by atoms with van der Waals surface area (Å²) in [5.74, 6) is -0.0856. The van der Waals surface area contributed by atoms with Crippen LogP contribution >= 0.6 is 0 Å². The molecule has 0 fully saturated rings. The van der Waals surface area contributed by atoms with Gasteiger partial charge >= 0.3 is 5.97 Å². The molecule has 33 heavy (non-hydrogen) atoms. The fraction of sp³-hybridized carbons (Fsp3) is 0.214. The van der Waals surface area contributed by atoms with Crippen molar-refractivity contribution in [1.29, 1.82) is 0 Å². The van der Waals surface area contributed by atoms with Gasteiger partial charge in [0.1, 0.15) is 5.76 Å². The van der Waals surface area contributed by atoms with E-state index in [0.717, 1.165) is 28.1 Å². The third-order valence-corrected chi connectivity index (χ3v) is 6.53. The predicted molar refractivity (Wildman–Crippen MR) is 125 cm³/mol.